The maximum atomic E-state index is 6.43. The zero-order valence-electron chi connectivity index (χ0n) is 43.7. The van der Waals surface area contributed by atoms with Crippen molar-refractivity contribution in [3.8, 4) is 115 Å². The average molecular weight is 1200 g/mol. The highest BCUT2D eigenvalue weighted by atomic mass is 32.1. The van der Waals surface area contributed by atoms with E-state index < -0.39 is 0 Å². The molecular formula is C60H42N8O12S4. The lowest BCUT2D eigenvalue weighted by Crippen LogP contribution is -2.34. The van der Waals surface area contributed by atoms with E-state index in [1.54, 1.807) is 0 Å². The Morgan fingerprint density at radius 1 is 0.333 bits per heavy atom. The predicted molar refractivity (Wildman–Crippen MR) is 315 cm³/mol. The smallest absolute Gasteiger partial charge is 0.172 e. The van der Waals surface area contributed by atoms with Gasteiger partial charge in [-0.1, -0.05) is 0 Å². The molecule has 6 aliphatic heterocycles. The molecule has 0 spiro atoms. The van der Waals surface area contributed by atoms with Gasteiger partial charge in [0.25, 0.3) is 0 Å². The van der Waals surface area contributed by atoms with Gasteiger partial charge in [-0.05, 0) is 72.8 Å². The molecule has 0 saturated carbocycles. The van der Waals surface area contributed by atoms with Crippen molar-refractivity contribution in [1.82, 2.24) is 39.9 Å². The van der Waals surface area contributed by atoms with Crippen molar-refractivity contribution in [2.24, 2.45) is 0 Å². The van der Waals surface area contributed by atoms with Gasteiger partial charge in [0.2, 0.25) is 0 Å². The Hall–Kier alpha value is -9.36. The van der Waals surface area contributed by atoms with Gasteiger partial charge >= 0.3 is 0 Å². The SMILES string of the molecule is c1cc2c(cc1OCC1COc3cscc3O1)-c1nc-2nc2[nH]c(nc3nc(nc4[nH]c(n1)c1ccc(OCC5COc6cscc6O5)cc41)-c1ccc(OCC4COc5cscc5O4)cc1-3)c1ccc(OCC3COc4cscc4O3)cc21. The molecule has 0 aliphatic carbocycles. The molecule has 7 aromatic heterocycles. The van der Waals surface area contributed by atoms with Gasteiger partial charge in [-0.15, -0.1) is 45.3 Å². The molecule has 6 aliphatic rings. The number of hydrogen-bond donors (Lipinski definition) is 2. The van der Waals surface area contributed by atoms with Crippen LogP contribution in [0, 0.1) is 0 Å². The molecule has 0 saturated heterocycles. The second kappa shape index (κ2) is 20.2. The van der Waals surface area contributed by atoms with Crippen molar-refractivity contribution < 1.29 is 56.8 Å². The highest BCUT2D eigenvalue weighted by molar-refractivity contribution is 7.09. The van der Waals surface area contributed by atoms with Gasteiger partial charge in [0.05, 0.1) is 0 Å². The van der Waals surface area contributed by atoms with Crippen LogP contribution in [0.4, 0.5) is 0 Å². The summed E-state index contributed by atoms with van der Waals surface area (Å²) >= 11 is 6.11. The lowest BCUT2D eigenvalue weighted by atomic mass is 10.1. The van der Waals surface area contributed by atoms with E-state index in [0.717, 1.165) is 55.7 Å². The van der Waals surface area contributed by atoms with Gasteiger partial charge in [0, 0.05) is 86.8 Å². The number of thiophene rings is 4. The molecule has 0 amide bonds. The predicted octanol–water partition coefficient (Wildman–Crippen LogP) is 12.0. The van der Waals surface area contributed by atoms with E-state index in [2.05, 4.69) is 9.97 Å². The molecule has 4 atom stereocenters. The van der Waals surface area contributed by atoms with Gasteiger partial charge in [0.1, 0.15) is 98.4 Å². The molecule has 418 valence electrons. The third-order valence-corrected chi connectivity index (χ3v) is 17.5. The number of aromatic nitrogens is 8. The van der Waals surface area contributed by atoms with E-state index in [9.17, 15) is 0 Å². The fourth-order valence-corrected chi connectivity index (χ4v) is 13.3. The van der Waals surface area contributed by atoms with Crippen molar-refractivity contribution in [3.05, 3.63) is 116 Å². The Morgan fingerprint density at radius 2 is 0.631 bits per heavy atom. The van der Waals surface area contributed by atoms with Gasteiger partial charge in [-0.2, -0.15) is 0 Å². The first-order chi connectivity index (χ1) is 41.5. The number of nitrogens with one attached hydrogen (secondary N) is 2. The molecule has 0 fully saturated rings. The van der Waals surface area contributed by atoms with E-state index in [-0.39, 0.29) is 50.8 Å². The van der Waals surface area contributed by atoms with Gasteiger partial charge in [-0.25, -0.2) is 29.9 Å². The van der Waals surface area contributed by atoms with E-state index in [1.165, 1.54) is 45.3 Å². The summed E-state index contributed by atoms with van der Waals surface area (Å²) in [6, 6.07) is 23.1. The molecule has 4 unspecified atom stereocenters. The topological polar surface area (TPSA) is 220 Å². The highest BCUT2D eigenvalue weighted by Gasteiger charge is 2.29. The molecular weight excluding hydrogens is 1150 g/mol. The maximum Gasteiger partial charge on any atom is 0.172 e. The number of aromatic amines is 2. The Kier molecular flexibility index (Phi) is 11.9. The Balaban J connectivity index is 0.803. The number of benzene rings is 4. The second-order valence-electron chi connectivity index (χ2n) is 20.3. The molecule has 20 nitrogen and oxygen atoms in total. The summed E-state index contributed by atoms with van der Waals surface area (Å²) in [6.45, 7) is 2.39. The van der Waals surface area contributed by atoms with Crippen molar-refractivity contribution in [1.29, 1.82) is 0 Å². The van der Waals surface area contributed by atoms with Crippen molar-refractivity contribution in [2.75, 3.05) is 52.9 Å². The van der Waals surface area contributed by atoms with Crippen LogP contribution in [0.1, 0.15) is 0 Å². The Morgan fingerprint density at radius 3 is 0.988 bits per heavy atom. The third-order valence-electron chi connectivity index (χ3n) is 14.7. The maximum absolute atomic E-state index is 6.43. The average Bonchev–Trinajstić information content (AvgIpc) is 4.15. The molecule has 84 heavy (non-hydrogen) atoms. The molecule has 13 heterocycles. The first kappa shape index (κ1) is 49.3. The first-order valence-electron chi connectivity index (χ1n) is 26.8. The fourth-order valence-electron chi connectivity index (χ4n) is 10.6. The molecule has 2 N–H and O–H groups in total. The largest absolute Gasteiger partial charge is 0.490 e. The number of H-pyrrole nitrogens is 2. The van der Waals surface area contributed by atoms with Crippen LogP contribution in [0.15, 0.2) is 116 Å². The number of rotatable bonds is 12. The van der Waals surface area contributed by atoms with Crippen LogP contribution in [0.5, 0.6) is 69.0 Å². The summed E-state index contributed by atoms with van der Waals surface area (Å²) in [5.74, 6) is 9.72. The second-order valence-corrected chi connectivity index (χ2v) is 23.3. The number of nitrogens with zero attached hydrogens (tertiary/aromatic N) is 6. The molecule has 8 bridgehead atoms. The normalized spacial score (nSPS) is 17.8. The number of fused-ring (bicyclic) bond motifs is 24. The van der Waals surface area contributed by atoms with Crippen LogP contribution < -0.4 is 56.8 Å². The van der Waals surface area contributed by atoms with Gasteiger partial charge < -0.3 is 66.8 Å². The molecule has 11 aromatic rings. The first-order valence-corrected chi connectivity index (χ1v) is 30.6. The minimum absolute atomic E-state index is 0.242. The van der Waals surface area contributed by atoms with Crippen molar-refractivity contribution in [3.63, 3.8) is 0 Å². The van der Waals surface area contributed by atoms with Gasteiger partial charge in [0.15, 0.2) is 93.7 Å². The number of ether oxygens (including phenoxy) is 12. The fraction of sp³-hybridized carbons (Fsp3) is 0.200. The molecule has 24 heteroatoms. The summed E-state index contributed by atoms with van der Waals surface area (Å²) in [5.41, 5.74) is 4.77. The molecule has 0 radical (unpaired) electrons. The van der Waals surface area contributed by atoms with Crippen molar-refractivity contribution >= 4 is 89.5 Å². The zero-order valence-corrected chi connectivity index (χ0v) is 47.0. The number of hydrogen-bond acceptors (Lipinski definition) is 22. The minimum atomic E-state index is -0.323. The highest BCUT2D eigenvalue weighted by Crippen LogP contribution is 2.43. The van der Waals surface area contributed by atoms with Crippen LogP contribution in [0.2, 0.25) is 0 Å². The third kappa shape index (κ3) is 9.08. The summed E-state index contributed by atoms with van der Waals surface area (Å²) in [7, 11) is 0. The van der Waals surface area contributed by atoms with Crippen LogP contribution >= 0.6 is 45.3 Å². The van der Waals surface area contributed by atoms with E-state index in [1.807, 2.05) is 116 Å². The minimum Gasteiger partial charge on any atom is -0.490 e. The van der Waals surface area contributed by atoms with E-state index >= 15 is 0 Å². The van der Waals surface area contributed by atoms with Crippen LogP contribution in [-0.2, 0) is 0 Å². The standard InChI is InChI=1S/C60H42N8O12S4/c1-5-37-41(9-29(1)69-13-33-17-73-45-21-81-25-49(45)77-33)57-61-53(37)65-58-42-10-30(70-14-34-18-74-46-22-82-26-50(46)78-34)2-6-38(42)55(62-58)67-60-44-12-32(72-16-36-20-76-48-24-84-28-52(48)80-36)4-8-40(44)56(64-60)68-59-43-11-31(3-7-39(43)54(63-59)66-57)71-15-35-19-75-47-23-83-27-51(47)79-35/h1-12,21-28,33-36H,13-20H2,(H2,61,62,63,64,65,66,67,68). The Labute approximate surface area is 491 Å². The lowest BCUT2D eigenvalue weighted by molar-refractivity contribution is 0.0546. The molecule has 17 rings (SSSR count). The van der Waals surface area contributed by atoms with Crippen LogP contribution in [-0.4, -0.2) is 117 Å². The van der Waals surface area contributed by atoms with Crippen LogP contribution in [0.25, 0.3) is 89.7 Å². The zero-order chi connectivity index (χ0) is 55.2. The van der Waals surface area contributed by atoms with E-state index in [4.69, 9.17) is 86.7 Å². The molecule has 4 aromatic carbocycles. The summed E-state index contributed by atoms with van der Waals surface area (Å²) in [4.78, 5) is 38.7. The lowest BCUT2D eigenvalue weighted by Gasteiger charge is -2.24. The van der Waals surface area contributed by atoms with Crippen LogP contribution in [0.3, 0.4) is 0 Å². The quantitative estimate of drug-likeness (QED) is 0.116. The summed E-state index contributed by atoms with van der Waals surface area (Å²) in [6.07, 6.45) is -1.29. The summed E-state index contributed by atoms with van der Waals surface area (Å²) < 4.78 is 74.4. The monoisotopic (exact) mass is 1190 g/mol. The Bertz CT molecular complexity index is 4310. The van der Waals surface area contributed by atoms with Crippen molar-refractivity contribution in [2.45, 2.75) is 24.4 Å². The van der Waals surface area contributed by atoms with Gasteiger partial charge in [-0.3, -0.25) is 0 Å². The summed E-state index contributed by atoms with van der Waals surface area (Å²) in [5, 5.41) is 18.4. The van der Waals surface area contributed by atoms with E-state index in [0.29, 0.717) is 129 Å².